The second-order valence-electron chi connectivity index (χ2n) is 5.69. The molecule has 1 atom stereocenters. The predicted molar refractivity (Wildman–Crippen MR) is 89.0 cm³/mol. The van der Waals surface area contributed by atoms with Crippen LogP contribution in [0.25, 0.3) is 6.08 Å². The first-order chi connectivity index (χ1) is 11.4. The second-order valence-corrected chi connectivity index (χ2v) is 5.69. The molecule has 0 saturated carbocycles. The third-order valence-corrected chi connectivity index (χ3v) is 3.39. The highest BCUT2D eigenvalue weighted by Crippen LogP contribution is 2.18. The number of rotatable bonds is 6. The van der Waals surface area contributed by atoms with Crippen LogP contribution in [0.1, 0.15) is 37.1 Å². The summed E-state index contributed by atoms with van der Waals surface area (Å²) < 4.78 is 0. The van der Waals surface area contributed by atoms with Gasteiger partial charge in [0, 0.05) is 18.2 Å². The topological polar surface area (TPSA) is 114 Å². The first-order valence-electron chi connectivity index (χ1n) is 7.48. The number of aryl methyl sites for hydroxylation is 1. The molecule has 0 radical (unpaired) electrons. The lowest BCUT2D eigenvalue weighted by atomic mass is 10.0. The van der Waals surface area contributed by atoms with Gasteiger partial charge in [-0.15, -0.1) is 0 Å². The lowest BCUT2D eigenvalue weighted by molar-refractivity contribution is -0.384. The van der Waals surface area contributed by atoms with Gasteiger partial charge < -0.3 is 5.32 Å². The molecule has 0 aliphatic rings. The van der Waals surface area contributed by atoms with E-state index >= 15 is 0 Å². The standard InChI is InChI=1S/C16H19N5O3/c1-10(2)15(16-17-11(3)19-20-16)18-14(22)9-6-12-4-7-13(8-5-12)21(23)24/h4-10,15H,1-3H3,(H,18,22)(H,17,19,20)/b9-6+/t15-/m0/s1. The molecule has 1 aromatic heterocycles. The van der Waals surface area contributed by atoms with Gasteiger partial charge in [-0.25, -0.2) is 4.98 Å². The summed E-state index contributed by atoms with van der Waals surface area (Å²) >= 11 is 0. The van der Waals surface area contributed by atoms with Crippen molar-refractivity contribution in [3.63, 3.8) is 0 Å². The van der Waals surface area contributed by atoms with Gasteiger partial charge in [-0.1, -0.05) is 13.8 Å². The fourth-order valence-electron chi connectivity index (χ4n) is 2.11. The van der Waals surface area contributed by atoms with E-state index in [1.807, 2.05) is 13.8 Å². The summed E-state index contributed by atoms with van der Waals surface area (Å²) in [7, 11) is 0. The molecular formula is C16H19N5O3. The molecule has 8 nitrogen and oxygen atoms in total. The van der Waals surface area contributed by atoms with Gasteiger partial charge in [0.05, 0.1) is 11.0 Å². The first-order valence-corrected chi connectivity index (χ1v) is 7.48. The van der Waals surface area contributed by atoms with Crippen molar-refractivity contribution in [3.8, 4) is 0 Å². The molecular weight excluding hydrogens is 310 g/mol. The van der Waals surface area contributed by atoms with Crippen LogP contribution < -0.4 is 5.32 Å². The zero-order valence-corrected chi connectivity index (χ0v) is 13.7. The van der Waals surface area contributed by atoms with Crippen molar-refractivity contribution in [2.24, 2.45) is 5.92 Å². The van der Waals surface area contributed by atoms with E-state index in [0.717, 1.165) is 0 Å². The molecule has 0 saturated heterocycles. The molecule has 0 fully saturated rings. The lowest BCUT2D eigenvalue weighted by Crippen LogP contribution is -2.31. The zero-order chi connectivity index (χ0) is 17.7. The number of H-pyrrole nitrogens is 1. The molecule has 0 spiro atoms. The summed E-state index contributed by atoms with van der Waals surface area (Å²) in [6.07, 6.45) is 2.98. The van der Waals surface area contributed by atoms with E-state index in [9.17, 15) is 14.9 Å². The Balaban J connectivity index is 2.03. The van der Waals surface area contributed by atoms with Gasteiger partial charge in [-0.3, -0.25) is 20.0 Å². The molecule has 2 rings (SSSR count). The summed E-state index contributed by atoms with van der Waals surface area (Å²) in [6.45, 7) is 5.73. The number of carbonyl (C=O) groups is 1. The number of hydrogen-bond donors (Lipinski definition) is 2. The SMILES string of the molecule is Cc1nc([C@@H](NC(=O)/C=C/c2ccc([N+](=O)[O-])cc2)C(C)C)n[nH]1. The van der Waals surface area contributed by atoms with E-state index < -0.39 is 4.92 Å². The van der Waals surface area contributed by atoms with E-state index in [-0.39, 0.29) is 23.6 Å². The summed E-state index contributed by atoms with van der Waals surface area (Å²) in [4.78, 5) is 26.5. The predicted octanol–water partition coefficient (Wildman–Crippen LogP) is 2.55. The normalized spacial score (nSPS) is 12.5. The number of aromatic amines is 1. The lowest BCUT2D eigenvalue weighted by Gasteiger charge is -2.18. The van der Waals surface area contributed by atoms with Crippen LogP contribution in [-0.4, -0.2) is 26.0 Å². The monoisotopic (exact) mass is 329 g/mol. The number of hydrogen-bond acceptors (Lipinski definition) is 5. The quantitative estimate of drug-likeness (QED) is 0.480. The maximum atomic E-state index is 12.1. The van der Waals surface area contributed by atoms with E-state index in [4.69, 9.17) is 0 Å². The van der Waals surface area contributed by atoms with Crippen molar-refractivity contribution in [1.29, 1.82) is 0 Å². The highest BCUT2D eigenvalue weighted by molar-refractivity contribution is 5.92. The van der Waals surface area contributed by atoms with E-state index in [1.165, 1.54) is 18.2 Å². The molecule has 1 aromatic carbocycles. The molecule has 0 aliphatic heterocycles. The fraction of sp³-hybridized carbons (Fsp3) is 0.312. The van der Waals surface area contributed by atoms with Crippen molar-refractivity contribution >= 4 is 17.7 Å². The van der Waals surface area contributed by atoms with Crippen molar-refractivity contribution < 1.29 is 9.72 Å². The van der Waals surface area contributed by atoms with Gasteiger partial charge in [0.1, 0.15) is 5.82 Å². The van der Waals surface area contributed by atoms with Gasteiger partial charge in [-0.05, 0) is 36.6 Å². The molecule has 8 heteroatoms. The van der Waals surface area contributed by atoms with Crippen LogP contribution in [0.2, 0.25) is 0 Å². The molecule has 1 amide bonds. The Morgan fingerprint density at radius 3 is 2.50 bits per heavy atom. The van der Waals surface area contributed by atoms with Crippen molar-refractivity contribution in [2.45, 2.75) is 26.8 Å². The van der Waals surface area contributed by atoms with Crippen LogP contribution in [0.4, 0.5) is 5.69 Å². The number of nitrogens with one attached hydrogen (secondary N) is 2. The summed E-state index contributed by atoms with van der Waals surface area (Å²) in [5, 5.41) is 20.3. The summed E-state index contributed by atoms with van der Waals surface area (Å²) in [5.41, 5.74) is 0.710. The van der Waals surface area contributed by atoms with Crippen molar-refractivity contribution in [3.05, 3.63) is 57.7 Å². The molecule has 0 unspecified atom stereocenters. The van der Waals surface area contributed by atoms with Crippen LogP contribution >= 0.6 is 0 Å². The summed E-state index contributed by atoms with van der Waals surface area (Å²) in [5.74, 6) is 1.07. The number of nitrogens with zero attached hydrogens (tertiary/aromatic N) is 3. The number of aromatic nitrogens is 3. The number of carbonyl (C=O) groups excluding carboxylic acids is 1. The van der Waals surface area contributed by atoms with Gasteiger partial charge in [0.25, 0.3) is 5.69 Å². The summed E-state index contributed by atoms with van der Waals surface area (Å²) in [6, 6.07) is 5.65. The Morgan fingerprint density at radius 2 is 2.00 bits per heavy atom. The molecule has 2 N–H and O–H groups in total. The average molecular weight is 329 g/mol. The maximum absolute atomic E-state index is 12.1. The minimum Gasteiger partial charge on any atom is -0.342 e. The number of amides is 1. The Hall–Kier alpha value is -3.03. The maximum Gasteiger partial charge on any atom is 0.269 e. The highest BCUT2D eigenvalue weighted by Gasteiger charge is 2.21. The Morgan fingerprint density at radius 1 is 1.33 bits per heavy atom. The molecule has 2 aromatic rings. The average Bonchev–Trinajstić information content (AvgIpc) is 2.96. The van der Waals surface area contributed by atoms with Gasteiger partial charge in [0.2, 0.25) is 5.91 Å². The van der Waals surface area contributed by atoms with Gasteiger partial charge in [0.15, 0.2) is 5.82 Å². The number of nitro benzene ring substituents is 1. The Kier molecular flexibility index (Phi) is 5.41. The molecule has 1 heterocycles. The van der Waals surface area contributed by atoms with Crippen LogP contribution in [0, 0.1) is 23.0 Å². The van der Waals surface area contributed by atoms with Crippen LogP contribution in [0.5, 0.6) is 0 Å². The van der Waals surface area contributed by atoms with Crippen LogP contribution in [-0.2, 0) is 4.79 Å². The van der Waals surface area contributed by atoms with Gasteiger partial charge in [-0.2, -0.15) is 5.10 Å². The molecule has 0 aliphatic carbocycles. The van der Waals surface area contributed by atoms with Crippen molar-refractivity contribution in [1.82, 2.24) is 20.5 Å². The molecule has 126 valence electrons. The fourth-order valence-corrected chi connectivity index (χ4v) is 2.11. The number of non-ortho nitro benzene ring substituents is 1. The van der Waals surface area contributed by atoms with Crippen molar-refractivity contribution in [2.75, 3.05) is 0 Å². The first kappa shape index (κ1) is 17.3. The zero-order valence-electron chi connectivity index (χ0n) is 13.7. The Labute approximate surface area is 139 Å². The number of nitro groups is 1. The molecule has 0 bridgehead atoms. The third-order valence-electron chi connectivity index (χ3n) is 3.39. The smallest absolute Gasteiger partial charge is 0.269 e. The van der Waals surface area contributed by atoms with Crippen LogP contribution in [0.3, 0.4) is 0 Å². The van der Waals surface area contributed by atoms with Gasteiger partial charge >= 0.3 is 0 Å². The van der Waals surface area contributed by atoms with Crippen LogP contribution in [0.15, 0.2) is 30.3 Å². The Bertz CT molecular complexity index is 749. The largest absolute Gasteiger partial charge is 0.342 e. The number of benzene rings is 1. The third kappa shape index (κ3) is 4.48. The van der Waals surface area contributed by atoms with E-state index in [0.29, 0.717) is 17.2 Å². The van der Waals surface area contributed by atoms with E-state index in [1.54, 1.807) is 25.1 Å². The highest BCUT2D eigenvalue weighted by atomic mass is 16.6. The minimum atomic E-state index is -0.466. The molecule has 24 heavy (non-hydrogen) atoms. The van der Waals surface area contributed by atoms with E-state index in [2.05, 4.69) is 20.5 Å². The second kappa shape index (κ2) is 7.49. The minimum absolute atomic E-state index is 0.0106.